The highest BCUT2D eigenvalue weighted by Crippen LogP contribution is 2.57. The Kier molecular flexibility index (Phi) is 3.78. The van der Waals surface area contributed by atoms with E-state index in [9.17, 15) is 0 Å². The quantitative estimate of drug-likeness (QED) is 0.285. The zero-order valence-corrected chi connectivity index (χ0v) is 18.5. The summed E-state index contributed by atoms with van der Waals surface area (Å²) in [5, 5.41) is 1.33. The number of aromatic nitrogens is 1. The van der Waals surface area contributed by atoms with Gasteiger partial charge in [0.05, 0.1) is 17.3 Å². The van der Waals surface area contributed by atoms with Crippen molar-refractivity contribution in [3.8, 4) is 5.69 Å². The van der Waals surface area contributed by atoms with Crippen LogP contribution in [0.15, 0.2) is 115 Å². The minimum atomic E-state index is -0.170. The molecular formula is C31H24N2. The predicted molar refractivity (Wildman–Crippen MR) is 138 cm³/mol. The molecule has 0 bridgehead atoms. The minimum Gasteiger partial charge on any atom is -0.333 e. The molecule has 1 aromatic heterocycles. The Bertz CT molecular complexity index is 1530. The lowest BCUT2D eigenvalue weighted by Crippen LogP contribution is -2.42. The van der Waals surface area contributed by atoms with E-state index >= 15 is 0 Å². The van der Waals surface area contributed by atoms with Crippen LogP contribution in [0.4, 0.5) is 11.4 Å². The molecule has 158 valence electrons. The molecule has 2 nitrogen and oxygen atoms in total. The smallest absolute Gasteiger partial charge is 0.0662 e. The lowest BCUT2D eigenvalue weighted by Gasteiger charge is -2.38. The number of anilines is 2. The Morgan fingerprint density at radius 1 is 0.667 bits per heavy atom. The summed E-state index contributed by atoms with van der Waals surface area (Å²) in [7, 11) is 0. The number of hydrogen-bond donors (Lipinski definition) is 0. The first kappa shape index (κ1) is 18.5. The summed E-state index contributed by atoms with van der Waals surface area (Å²) in [6.07, 6.45) is 4.75. The SMILES string of the molecule is CC12c3ccccc3N(c3ccccc3)C1C=Cc1c2c2ccccc2n1-c1ccccc1. The number of rotatable bonds is 2. The molecular weight excluding hydrogens is 400 g/mol. The monoisotopic (exact) mass is 424 g/mol. The summed E-state index contributed by atoms with van der Waals surface area (Å²) in [5.74, 6) is 0. The Morgan fingerprint density at radius 2 is 1.30 bits per heavy atom. The molecule has 0 N–H and O–H groups in total. The van der Waals surface area contributed by atoms with Crippen molar-refractivity contribution in [1.82, 2.24) is 4.57 Å². The molecule has 2 aliphatic rings. The second-order valence-electron chi connectivity index (χ2n) is 9.18. The van der Waals surface area contributed by atoms with E-state index in [-0.39, 0.29) is 11.5 Å². The molecule has 0 saturated carbocycles. The lowest BCUT2D eigenvalue weighted by atomic mass is 9.69. The van der Waals surface area contributed by atoms with Crippen LogP contribution in [0.5, 0.6) is 0 Å². The van der Waals surface area contributed by atoms with Crippen molar-refractivity contribution in [2.45, 2.75) is 18.4 Å². The molecule has 0 saturated heterocycles. The van der Waals surface area contributed by atoms with Gasteiger partial charge in [0, 0.05) is 27.9 Å². The van der Waals surface area contributed by atoms with Crippen molar-refractivity contribution in [3.05, 3.63) is 132 Å². The maximum Gasteiger partial charge on any atom is 0.0662 e. The van der Waals surface area contributed by atoms with E-state index in [1.807, 2.05) is 0 Å². The Balaban J connectivity index is 1.57. The standard InChI is InChI=1S/C31H24N2/c1-31-25-17-9-11-19-27(25)33(23-14-6-3-7-15-23)29(31)21-20-28-30(31)24-16-8-10-18-26(24)32(28)22-12-4-2-5-13-22/h2-21,29H,1H3. The van der Waals surface area contributed by atoms with Gasteiger partial charge in [-0.15, -0.1) is 0 Å². The van der Waals surface area contributed by atoms with Crippen LogP contribution in [-0.4, -0.2) is 10.6 Å². The summed E-state index contributed by atoms with van der Waals surface area (Å²) < 4.78 is 2.43. The zero-order chi connectivity index (χ0) is 22.0. The number of hydrogen-bond acceptors (Lipinski definition) is 1. The summed E-state index contributed by atoms with van der Waals surface area (Å²) in [5.41, 5.74) is 8.91. The summed E-state index contributed by atoms with van der Waals surface area (Å²) in [4.78, 5) is 2.52. The zero-order valence-electron chi connectivity index (χ0n) is 18.5. The summed E-state index contributed by atoms with van der Waals surface area (Å²) in [6.45, 7) is 2.43. The van der Waals surface area contributed by atoms with Gasteiger partial charge in [0.25, 0.3) is 0 Å². The third-order valence-electron chi connectivity index (χ3n) is 7.51. The van der Waals surface area contributed by atoms with Crippen LogP contribution >= 0.6 is 0 Å². The van der Waals surface area contributed by atoms with E-state index in [2.05, 4.69) is 138 Å². The molecule has 2 heterocycles. The van der Waals surface area contributed by atoms with Crippen LogP contribution in [0.25, 0.3) is 22.7 Å². The number of nitrogens with zero attached hydrogens (tertiary/aromatic N) is 2. The maximum atomic E-state index is 2.52. The topological polar surface area (TPSA) is 8.17 Å². The van der Waals surface area contributed by atoms with Crippen LogP contribution in [0.3, 0.4) is 0 Å². The molecule has 33 heavy (non-hydrogen) atoms. The van der Waals surface area contributed by atoms with E-state index in [1.165, 1.54) is 44.8 Å². The van der Waals surface area contributed by atoms with E-state index in [4.69, 9.17) is 0 Å². The first-order chi connectivity index (χ1) is 16.3. The van der Waals surface area contributed by atoms with Crippen molar-refractivity contribution >= 4 is 28.4 Å². The van der Waals surface area contributed by atoms with Crippen LogP contribution < -0.4 is 4.90 Å². The fourth-order valence-electron chi connectivity index (χ4n) is 6.14. The second kappa shape index (κ2) is 6.73. The van der Waals surface area contributed by atoms with Crippen LogP contribution in [0.2, 0.25) is 0 Å². The van der Waals surface area contributed by atoms with Gasteiger partial charge < -0.3 is 9.47 Å². The molecule has 0 spiro atoms. The first-order valence-corrected chi connectivity index (χ1v) is 11.6. The number of benzene rings is 4. The fourth-order valence-corrected chi connectivity index (χ4v) is 6.14. The van der Waals surface area contributed by atoms with Gasteiger partial charge in [0.1, 0.15) is 0 Å². The highest BCUT2D eigenvalue weighted by molar-refractivity contribution is 5.95. The summed E-state index contributed by atoms with van der Waals surface area (Å²) in [6, 6.07) is 39.5. The van der Waals surface area contributed by atoms with Gasteiger partial charge in [-0.05, 0) is 60.5 Å². The normalized spacial score (nSPS) is 20.5. The molecule has 1 aliphatic heterocycles. The second-order valence-corrected chi connectivity index (χ2v) is 9.18. The van der Waals surface area contributed by atoms with Gasteiger partial charge in [-0.1, -0.05) is 78.9 Å². The van der Waals surface area contributed by atoms with Crippen molar-refractivity contribution in [2.75, 3.05) is 4.90 Å². The Labute approximate surface area is 194 Å². The molecule has 0 fully saturated rings. The lowest BCUT2D eigenvalue weighted by molar-refractivity contribution is 0.533. The third-order valence-corrected chi connectivity index (χ3v) is 7.51. The molecule has 7 rings (SSSR count). The van der Waals surface area contributed by atoms with Crippen LogP contribution in [0.1, 0.15) is 23.7 Å². The predicted octanol–water partition coefficient (Wildman–Crippen LogP) is 7.48. The van der Waals surface area contributed by atoms with Crippen molar-refractivity contribution < 1.29 is 0 Å². The molecule has 2 atom stereocenters. The molecule has 5 aromatic rings. The molecule has 4 aromatic carbocycles. The largest absolute Gasteiger partial charge is 0.333 e. The Hall–Kier alpha value is -4.04. The van der Waals surface area contributed by atoms with Gasteiger partial charge in [-0.2, -0.15) is 0 Å². The molecule has 1 aliphatic carbocycles. The van der Waals surface area contributed by atoms with Crippen molar-refractivity contribution in [2.24, 2.45) is 0 Å². The number of fused-ring (bicyclic) bond motifs is 7. The van der Waals surface area contributed by atoms with E-state index in [1.54, 1.807) is 0 Å². The van der Waals surface area contributed by atoms with E-state index in [0.29, 0.717) is 0 Å². The molecule has 0 amide bonds. The highest BCUT2D eigenvalue weighted by atomic mass is 15.2. The van der Waals surface area contributed by atoms with Crippen LogP contribution in [-0.2, 0) is 5.41 Å². The summed E-state index contributed by atoms with van der Waals surface area (Å²) >= 11 is 0. The van der Waals surface area contributed by atoms with Crippen molar-refractivity contribution in [1.29, 1.82) is 0 Å². The average molecular weight is 425 g/mol. The molecule has 2 heteroatoms. The highest BCUT2D eigenvalue weighted by Gasteiger charge is 2.52. The van der Waals surface area contributed by atoms with Gasteiger partial charge >= 0.3 is 0 Å². The van der Waals surface area contributed by atoms with Gasteiger partial charge in [-0.3, -0.25) is 0 Å². The molecule has 2 unspecified atom stereocenters. The van der Waals surface area contributed by atoms with E-state index in [0.717, 1.165) is 0 Å². The number of para-hydroxylation sites is 4. The van der Waals surface area contributed by atoms with E-state index < -0.39 is 0 Å². The third kappa shape index (κ3) is 2.38. The van der Waals surface area contributed by atoms with Gasteiger partial charge in [-0.25, -0.2) is 0 Å². The average Bonchev–Trinajstić information content (AvgIpc) is 3.35. The fraction of sp³-hybridized carbons (Fsp3) is 0.0968. The maximum absolute atomic E-state index is 2.52. The Morgan fingerprint density at radius 3 is 2.09 bits per heavy atom. The minimum absolute atomic E-state index is 0.170. The van der Waals surface area contributed by atoms with Crippen molar-refractivity contribution in [3.63, 3.8) is 0 Å². The molecule has 0 radical (unpaired) electrons. The van der Waals surface area contributed by atoms with Gasteiger partial charge in [0.15, 0.2) is 0 Å². The van der Waals surface area contributed by atoms with Crippen LogP contribution in [0, 0.1) is 0 Å². The van der Waals surface area contributed by atoms with Gasteiger partial charge in [0.2, 0.25) is 0 Å². The first-order valence-electron chi connectivity index (χ1n) is 11.6.